The highest BCUT2D eigenvalue weighted by molar-refractivity contribution is 5.97. The van der Waals surface area contributed by atoms with Crippen molar-refractivity contribution in [2.24, 2.45) is 0 Å². The maximum Gasteiger partial charge on any atom is 0.242 e. The zero-order valence-corrected chi connectivity index (χ0v) is 8.81. The molecule has 16 heavy (non-hydrogen) atoms. The molecule has 1 amide bonds. The van der Waals surface area contributed by atoms with E-state index in [0.29, 0.717) is 6.42 Å². The summed E-state index contributed by atoms with van der Waals surface area (Å²) in [4.78, 5) is 11.6. The lowest BCUT2D eigenvalue weighted by Crippen LogP contribution is -2.33. The van der Waals surface area contributed by atoms with Crippen LogP contribution in [0, 0.1) is 0 Å². The van der Waals surface area contributed by atoms with Gasteiger partial charge in [-0.1, -0.05) is 30.3 Å². The van der Waals surface area contributed by atoms with Crippen molar-refractivity contribution in [3.05, 3.63) is 42.5 Å². The highest BCUT2D eigenvalue weighted by atomic mass is 16.2. The summed E-state index contributed by atoms with van der Waals surface area (Å²) < 4.78 is 0. The molecule has 0 aliphatic carbocycles. The monoisotopic (exact) mass is 212 g/mol. The molecule has 1 N–H and O–H groups in total. The number of hydrogen-bond acceptors (Lipinski definition) is 2. The van der Waals surface area contributed by atoms with Crippen molar-refractivity contribution in [3.8, 4) is 0 Å². The van der Waals surface area contributed by atoms with Crippen LogP contribution in [-0.4, -0.2) is 12.5 Å². The first-order valence-electron chi connectivity index (χ1n) is 5.40. The number of fused-ring (bicyclic) bond motifs is 1. The first kappa shape index (κ1) is 9.36. The Bertz CT molecular complexity index is 550. The summed E-state index contributed by atoms with van der Waals surface area (Å²) in [6.07, 6.45) is 0.576. The van der Waals surface area contributed by atoms with Crippen LogP contribution in [0.3, 0.4) is 0 Å². The predicted molar refractivity (Wildman–Crippen MR) is 64.1 cm³/mol. The van der Waals surface area contributed by atoms with E-state index < -0.39 is 0 Å². The lowest BCUT2D eigenvalue weighted by molar-refractivity contribution is -0.117. The second-order valence-electron chi connectivity index (χ2n) is 3.92. The largest absolute Gasteiger partial charge is 0.273 e. The highest BCUT2D eigenvalue weighted by Gasteiger charge is 2.21. The quantitative estimate of drug-likeness (QED) is 0.785. The Morgan fingerprint density at radius 3 is 2.62 bits per heavy atom. The molecule has 1 aliphatic heterocycles. The van der Waals surface area contributed by atoms with E-state index in [2.05, 4.69) is 17.6 Å². The van der Waals surface area contributed by atoms with Gasteiger partial charge in [-0.2, -0.15) is 0 Å². The molecular weight excluding hydrogens is 200 g/mol. The second kappa shape index (κ2) is 3.61. The molecule has 1 fully saturated rings. The molecular formula is C13H12N2O. The van der Waals surface area contributed by atoms with Gasteiger partial charge < -0.3 is 0 Å². The Morgan fingerprint density at radius 2 is 1.88 bits per heavy atom. The number of amides is 1. The number of rotatable bonds is 1. The van der Waals surface area contributed by atoms with Crippen LogP contribution < -0.4 is 10.4 Å². The Morgan fingerprint density at radius 1 is 1.06 bits per heavy atom. The molecule has 0 bridgehead atoms. The summed E-state index contributed by atoms with van der Waals surface area (Å²) in [5, 5.41) is 3.98. The molecule has 0 atom stereocenters. The fraction of sp³-hybridized carbons (Fsp3) is 0.154. The molecule has 0 aromatic heterocycles. The molecule has 2 aromatic rings. The Labute approximate surface area is 93.6 Å². The number of nitrogens with zero attached hydrogens (tertiary/aromatic N) is 1. The van der Waals surface area contributed by atoms with Crippen LogP contribution in [0.15, 0.2) is 42.5 Å². The lowest BCUT2D eigenvalue weighted by Gasteiger charge is -2.16. The van der Waals surface area contributed by atoms with E-state index in [1.54, 1.807) is 5.01 Å². The van der Waals surface area contributed by atoms with Gasteiger partial charge in [-0.15, -0.1) is 0 Å². The Hall–Kier alpha value is -1.87. The van der Waals surface area contributed by atoms with Crippen molar-refractivity contribution < 1.29 is 4.79 Å². The summed E-state index contributed by atoms with van der Waals surface area (Å²) in [5.74, 6) is 0.135. The maximum absolute atomic E-state index is 11.6. The number of anilines is 1. The zero-order chi connectivity index (χ0) is 11.0. The number of benzene rings is 2. The topological polar surface area (TPSA) is 32.3 Å². The number of hydrogen-bond donors (Lipinski definition) is 1. The Balaban J connectivity index is 2.08. The molecule has 3 rings (SSSR count). The average Bonchev–Trinajstić information content (AvgIpc) is 2.75. The summed E-state index contributed by atoms with van der Waals surface area (Å²) in [6.45, 7) is 0.728. The normalized spacial score (nSPS) is 16.0. The van der Waals surface area contributed by atoms with Crippen molar-refractivity contribution in [1.29, 1.82) is 0 Å². The van der Waals surface area contributed by atoms with Crippen LogP contribution in [-0.2, 0) is 4.79 Å². The number of carbonyl (C=O) groups is 1. The molecule has 0 saturated carbocycles. The Kier molecular flexibility index (Phi) is 2.11. The van der Waals surface area contributed by atoms with Crippen LogP contribution >= 0.6 is 0 Å². The molecule has 3 nitrogen and oxygen atoms in total. The van der Waals surface area contributed by atoms with Gasteiger partial charge in [-0.25, -0.2) is 10.4 Å². The van der Waals surface area contributed by atoms with Crippen LogP contribution in [0.25, 0.3) is 10.8 Å². The van der Waals surface area contributed by atoms with Gasteiger partial charge in [0.05, 0.1) is 5.69 Å². The van der Waals surface area contributed by atoms with Gasteiger partial charge in [0.15, 0.2) is 0 Å². The standard InChI is InChI=1S/C13H12N2O/c16-13-7-8-14-15(13)12-6-5-10-3-1-2-4-11(10)9-12/h1-6,9,14H,7-8H2. The van der Waals surface area contributed by atoms with Crippen LogP contribution in [0.1, 0.15) is 6.42 Å². The van der Waals surface area contributed by atoms with Crippen molar-refractivity contribution >= 4 is 22.4 Å². The number of carbonyl (C=O) groups excluding carboxylic acids is 1. The van der Waals surface area contributed by atoms with E-state index in [9.17, 15) is 4.79 Å². The third kappa shape index (κ3) is 1.46. The van der Waals surface area contributed by atoms with E-state index in [0.717, 1.165) is 17.6 Å². The van der Waals surface area contributed by atoms with Crippen LogP contribution in [0.4, 0.5) is 5.69 Å². The van der Waals surface area contributed by atoms with E-state index in [1.165, 1.54) is 5.39 Å². The minimum Gasteiger partial charge on any atom is -0.273 e. The molecule has 3 heteroatoms. The van der Waals surface area contributed by atoms with E-state index in [4.69, 9.17) is 0 Å². The SMILES string of the molecule is O=C1CCNN1c1ccc2ccccc2c1. The molecule has 1 heterocycles. The maximum atomic E-state index is 11.6. The third-order valence-corrected chi connectivity index (χ3v) is 2.85. The molecule has 0 radical (unpaired) electrons. The number of nitrogens with one attached hydrogen (secondary N) is 1. The summed E-state index contributed by atoms with van der Waals surface area (Å²) in [6, 6.07) is 14.2. The summed E-state index contributed by atoms with van der Waals surface area (Å²) in [5.41, 5.74) is 3.99. The number of hydrazine groups is 1. The fourth-order valence-electron chi connectivity index (χ4n) is 2.03. The first-order chi connectivity index (χ1) is 7.84. The zero-order valence-electron chi connectivity index (χ0n) is 8.81. The van der Waals surface area contributed by atoms with Gasteiger partial charge in [-0.3, -0.25) is 4.79 Å². The average molecular weight is 212 g/mol. The molecule has 0 spiro atoms. The van der Waals surface area contributed by atoms with Crippen molar-refractivity contribution in [1.82, 2.24) is 5.43 Å². The van der Waals surface area contributed by atoms with Crippen molar-refractivity contribution in [3.63, 3.8) is 0 Å². The van der Waals surface area contributed by atoms with Crippen LogP contribution in [0.2, 0.25) is 0 Å². The van der Waals surface area contributed by atoms with E-state index in [1.807, 2.05) is 30.3 Å². The van der Waals surface area contributed by atoms with Gasteiger partial charge in [0.2, 0.25) is 5.91 Å². The molecule has 1 saturated heterocycles. The van der Waals surface area contributed by atoms with Gasteiger partial charge in [-0.05, 0) is 22.9 Å². The van der Waals surface area contributed by atoms with Gasteiger partial charge >= 0.3 is 0 Å². The van der Waals surface area contributed by atoms with E-state index >= 15 is 0 Å². The minimum atomic E-state index is 0.135. The minimum absolute atomic E-state index is 0.135. The predicted octanol–water partition coefficient (Wildman–Crippen LogP) is 2.08. The molecule has 1 aliphatic rings. The van der Waals surface area contributed by atoms with Gasteiger partial charge in [0.1, 0.15) is 0 Å². The second-order valence-corrected chi connectivity index (χ2v) is 3.92. The fourth-order valence-corrected chi connectivity index (χ4v) is 2.03. The van der Waals surface area contributed by atoms with Crippen molar-refractivity contribution in [2.75, 3.05) is 11.6 Å². The summed E-state index contributed by atoms with van der Waals surface area (Å²) in [7, 11) is 0. The summed E-state index contributed by atoms with van der Waals surface area (Å²) >= 11 is 0. The molecule has 0 unspecified atom stereocenters. The lowest BCUT2D eigenvalue weighted by atomic mass is 10.1. The van der Waals surface area contributed by atoms with Crippen molar-refractivity contribution in [2.45, 2.75) is 6.42 Å². The van der Waals surface area contributed by atoms with Gasteiger partial charge in [0, 0.05) is 13.0 Å². The van der Waals surface area contributed by atoms with Crippen LogP contribution in [0.5, 0.6) is 0 Å². The van der Waals surface area contributed by atoms with Gasteiger partial charge in [0.25, 0.3) is 0 Å². The van der Waals surface area contributed by atoms with E-state index in [-0.39, 0.29) is 5.91 Å². The molecule has 80 valence electrons. The first-order valence-corrected chi connectivity index (χ1v) is 5.40. The highest BCUT2D eigenvalue weighted by Crippen LogP contribution is 2.22. The smallest absolute Gasteiger partial charge is 0.242 e. The third-order valence-electron chi connectivity index (χ3n) is 2.85. The molecule has 2 aromatic carbocycles.